The van der Waals surface area contributed by atoms with E-state index in [1.54, 1.807) is 5.06 Å². The number of nitrogens with zero attached hydrogens (tertiary/aromatic N) is 4. The summed E-state index contributed by atoms with van der Waals surface area (Å²) in [5.74, 6) is 0.844. The Morgan fingerprint density at radius 2 is 1.94 bits per heavy atom. The SMILES string of the molecule is CC(C)(C)OC(=O)CCCCc1nnc([C@@H]2CC3(CC3)[C@@H]3CN2C(=O)N3OCc2ccccc2)o1. The van der Waals surface area contributed by atoms with Crippen molar-refractivity contribution in [3.8, 4) is 0 Å². The van der Waals surface area contributed by atoms with Crippen LogP contribution in [-0.4, -0.2) is 50.3 Å². The van der Waals surface area contributed by atoms with Gasteiger partial charge in [-0.05, 0) is 63.9 Å². The van der Waals surface area contributed by atoms with Crippen molar-refractivity contribution in [3.05, 3.63) is 47.7 Å². The summed E-state index contributed by atoms with van der Waals surface area (Å²) in [6.07, 6.45) is 5.37. The minimum atomic E-state index is -0.467. The topological polar surface area (TPSA) is 98.0 Å². The molecule has 0 N–H and O–H groups in total. The smallest absolute Gasteiger partial charge is 0.345 e. The van der Waals surface area contributed by atoms with Crippen LogP contribution in [0, 0.1) is 5.41 Å². The molecule has 0 radical (unpaired) electrons. The van der Waals surface area contributed by atoms with Crippen molar-refractivity contribution in [2.75, 3.05) is 6.54 Å². The highest BCUT2D eigenvalue weighted by atomic mass is 16.7. The molecule has 9 nitrogen and oxygen atoms in total. The Labute approximate surface area is 205 Å². The Morgan fingerprint density at radius 1 is 1.17 bits per heavy atom. The van der Waals surface area contributed by atoms with Crippen LogP contribution in [-0.2, 0) is 27.4 Å². The van der Waals surface area contributed by atoms with E-state index in [9.17, 15) is 9.59 Å². The first-order chi connectivity index (χ1) is 16.7. The van der Waals surface area contributed by atoms with E-state index in [2.05, 4.69) is 10.2 Å². The van der Waals surface area contributed by atoms with E-state index >= 15 is 0 Å². The highest BCUT2D eigenvalue weighted by Crippen LogP contribution is 2.61. The number of hydrogen-bond donors (Lipinski definition) is 0. The lowest BCUT2D eigenvalue weighted by Crippen LogP contribution is -2.42. The number of carbonyl (C=O) groups excluding carboxylic acids is 2. The maximum atomic E-state index is 13.3. The molecule has 188 valence electrons. The van der Waals surface area contributed by atoms with Gasteiger partial charge in [0.2, 0.25) is 11.8 Å². The number of hydrogen-bond acceptors (Lipinski definition) is 7. The molecule has 1 aliphatic carbocycles. The molecule has 2 aliphatic heterocycles. The van der Waals surface area contributed by atoms with Gasteiger partial charge in [-0.1, -0.05) is 30.3 Å². The number of rotatable bonds is 9. The van der Waals surface area contributed by atoms with Crippen LogP contribution in [0.25, 0.3) is 0 Å². The number of esters is 1. The van der Waals surface area contributed by atoms with Crippen molar-refractivity contribution in [1.29, 1.82) is 0 Å². The average molecular weight is 483 g/mol. The molecule has 2 saturated heterocycles. The number of piperidine rings is 1. The molecule has 5 rings (SSSR count). The fraction of sp³-hybridized carbons (Fsp3) is 0.615. The highest BCUT2D eigenvalue weighted by Gasteiger charge is 2.64. The van der Waals surface area contributed by atoms with Crippen molar-refractivity contribution in [2.45, 2.75) is 90.0 Å². The van der Waals surface area contributed by atoms with Gasteiger partial charge in [-0.25, -0.2) is 4.79 Å². The van der Waals surface area contributed by atoms with Gasteiger partial charge < -0.3 is 14.1 Å². The number of unbranched alkanes of at least 4 members (excludes halogenated alkanes) is 1. The minimum absolute atomic E-state index is 0.0604. The molecule has 3 heterocycles. The number of aryl methyl sites for hydroxylation is 1. The summed E-state index contributed by atoms with van der Waals surface area (Å²) < 4.78 is 11.3. The second-order valence-corrected chi connectivity index (χ2v) is 10.9. The van der Waals surface area contributed by atoms with Gasteiger partial charge in [-0.15, -0.1) is 10.2 Å². The molecule has 2 atom stereocenters. The van der Waals surface area contributed by atoms with Gasteiger partial charge in [-0.2, -0.15) is 5.06 Å². The number of fused-ring (bicyclic) bond motifs is 3. The van der Waals surface area contributed by atoms with Crippen LogP contribution in [0.3, 0.4) is 0 Å². The van der Waals surface area contributed by atoms with E-state index < -0.39 is 5.60 Å². The van der Waals surface area contributed by atoms with Gasteiger partial charge >= 0.3 is 12.0 Å². The lowest BCUT2D eigenvalue weighted by molar-refractivity contribution is -0.154. The first-order valence-corrected chi connectivity index (χ1v) is 12.5. The summed E-state index contributed by atoms with van der Waals surface area (Å²) in [6, 6.07) is 9.60. The molecule has 3 aliphatic rings. The molecule has 9 heteroatoms. The third kappa shape index (κ3) is 5.19. The monoisotopic (exact) mass is 482 g/mol. The molecule has 2 bridgehead atoms. The lowest BCUT2D eigenvalue weighted by Gasteiger charge is -2.35. The predicted molar refractivity (Wildman–Crippen MR) is 126 cm³/mol. The third-order valence-corrected chi connectivity index (χ3v) is 7.08. The molecule has 2 aromatic rings. The molecular weight excluding hydrogens is 448 g/mol. The molecule has 3 fully saturated rings. The zero-order valence-corrected chi connectivity index (χ0v) is 20.7. The first-order valence-electron chi connectivity index (χ1n) is 12.5. The van der Waals surface area contributed by atoms with E-state index in [0.29, 0.717) is 44.2 Å². The van der Waals surface area contributed by atoms with E-state index in [1.807, 2.05) is 56.0 Å². The number of hydroxylamine groups is 2. The minimum Gasteiger partial charge on any atom is -0.460 e. The molecular formula is C26H34N4O5. The molecule has 1 spiro atoms. The quantitative estimate of drug-likeness (QED) is 0.381. The normalized spacial score (nSPS) is 22.7. The molecule has 0 unspecified atom stereocenters. The summed E-state index contributed by atoms with van der Waals surface area (Å²) in [7, 11) is 0. The lowest BCUT2D eigenvalue weighted by atomic mass is 9.85. The Kier molecular flexibility index (Phi) is 6.29. The highest BCUT2D eigenvalue weighted by molar-refractivity contribution is 5.77. The third-order valence-electron chi connectivity index (χ3n) is 7.08. The maximum Gasteiger partial charge on any atom is 0.345 e. The zero-order chi connectivity index (χ0) is 24.6. The Hall–Kier alpha value is -2.94. The number of urea groups is 1. The van der Waals surface area contributed by atoms with Crippen LogP contribution in [0.4, 0.5) is 4.79 Å². The van der Waals surface area contributed by atoms with E-state index in [1.165, 1.54) is 0 Å². The van der Waals surface area contributed by atoms with Crippen molar-refractivity contribution in [3.63, 3.8) is 0 Å². The number of amides is 2. The van der Waals surface area contributed by atoms with Crippen molar-refractivity contribution in [2.24, 2.45) is 5.41 Å². The van der Waals surface area contributed by atoms with Gasteiger partial charge in [0, 0.05) is 19.4 Å². The number of aromatic nitrogens is 2. The second kappa shape index (κ2) is 9.26. The van der Waals surface area contributed by atoms with Crippen LogP contribution in [0.1, 0.15) is 82.7 Å². The van der Waals surface area contributed by atoms with Gasteiger partial charge in [0.25, 0.3) is 0 Å². The molecule has 35 heavy (non-hydrogen) atoms. The largest absolute Gasteiger partial charge is 0.460 e. The van der Waals surface area contributed by atoms with Crippen LogP contribution < -0.4 is 0 Å². The Balaban J connectivity index is 1.18. The summed E-state index contributed by atoms with van der Waals surface area (Å²) in [5.41, 5.74) is 0.629. The van der Waals surface area contributed by atoms with Crippen LogP contribution >= 0.6 is 0 Å². The first kappa shape index (κ1) is 23.8. The van der Waals surface area contributed by atoms with E-state index in [4.69, 9.17) is 14.0 Å². The van der Waals surface area contributed by atoms with Crippen LogP contribution in [0.15, 0.2) is 34.7 Å². The van der Waals surface area contributed by atoms with Crippen molar-refractivity contribution < 1.29 is 23.6 Å². The van der Waals surface area contributed by atoms with Crippen molar-refractivity contribution in [1.82, 2.24) is 20.2 Å². The molecule has 1 aromatic heterocycles. The Morgan fingerprint density at radius 3 is 2.66 bits per heavy atom. The van der Waals surface area contributed by atoms with Crippen molar-refractivity contribution >= 4 is 12.0 Å². The van der Waals surface area contributed by atoms with E-state index in [-0.39, 0.29) is 29.5 Å². The Bertz CT molecular complexity index is 1060. The summed E-state index contributed by atoms with van der Waals surface area (Å²) in [6.45, 7) is 6.58. The van der Waals surface area contributed by atoms with Crippen LogP contribution in [0.2, 0.25) is 0 Å². The molecule has 1 aromatic carbocycles. The summed E-state index contributed by atoms with van der Waals surface area (Å²) >= 11 is 0. The fourth-order valence-corrected chi connectivity index (χ4v) is 5.16. The van der Waals surface area contributed by atoms with Crippen LogP contribution in [0.5, 0.6) is 0 Å². The maximum absolute atomic E-state index is 13.3. The number of carbonyl (C=O) groups is 2. The van der Waals surface area contributed by atoms with Gasteiger partial charge in [0.15, 0.2) is 0 Å². The second-order valence-electron chi connectivity index (χ2n) is 10.9. The predicted octanol–water partition coefficient (Wildman–Crippen LogP) is 4.59. The van der Waals surface area contributed by atoms with E-state index in [0.717, 1.165) is 31.2 Å². The average Bonchev–Trinajstić information content (AvgIpc) is 3.30. The molecule has 2 amide bonds. The molecule has 1 saturated carbocycles. The standard InChI is InChI=1S/C26H34N4O5/c1-25(2,3)35-22(31)12-8-7-11-21-27-28-23(34-21)19-15-26(13-14-26)20-16-29(19)24(32)30(20)33-17-18-9-5-4-6-10-18/h4-6,9-10,19-20H,7-8,11-17H2,1-3H3/t19-,20-/m0/s1. The summed E-state index contributed by atoms with van der Waals surface area (Å²) in [4.78, 5) is 33.0. The fourth-order valence-electron chi connectivity index (χ4n) is 5.16. The number of ether oxygens (including phenoxy) is 1. The van der Waals surface area contributed by atoms with Gasteiger partial charge in [0.05, 0.1) is 6.04 Å². The van der Waals surface area contributed by atoms with Gasteiger partial charge in [-0.3, -0.25) is 9.63 Å². The summed E-state index contributed by atoms with van der Waals surface area (Å²) in [5, 5.41) is 10.1. The zero-order valence-electron chi connectivity index (χ0n) is 20.7. The van der Waals surface area contributed by atoms with Gasteiger partial charge in [0.1, 0.15) is 18.2 Å². The number of benzene rings is 1.